The van der Waals surface area contributed by atoms with Crippen LogP contribution in [0.25, 0.3) is 0 Å². The van der Waals surface area contributed by atoms with Gasteiger partial charge in [-0.2, -0.15) is 0 Å². The fourth-order valence-electron chi connectivity index (χ4n) is 2.54. The van der Waals surface area contributed by atoms with Crippen LogP contribution >= 0.6 is 23.1 Å². The Morgan fingerprint density at radius 1 is 1.32 bits per heavy atom. The zero-order valence-corrected chi connectivity index (χ0v) is 15.7. The summed E-state index contributed by atoms with van der Waals surface area (Å²) in [6.07, 6.45) is -0.347. The molecule has 25 heavy (non-hydrogen) atoms. The molecule has 1 atom stereocenters. The summed E-state index contributed by atoms with van der Waals surface area (Å²) in [5.74, 6) is 1.44. The third kappa shape index (κ3) is 5.82. The molecule has 0 unspecified atom stereocenters. The summed E-state index contributed by atoms with van der Waals surface area (Å²) >= 11 is 3.03. The minimum Gasteiger partial charge on any atom is -0.497 e. The van der Waals surface area contributed by atoms with Crippen LogP contribution in [-0.2, 0) is 4.74 Å². The van der Waals surface area contributed by atoms with Crippen molar-refractivity contribution >= 4 is 33.9 Å². The first kappa shape index (κ1) is 18.4. The lowest BCUT2D eigenvalue weighted by atomic mass is 10.3. The van der Waals surface area contributed by atoms with Crippen molar-refractivity contribution < 1.29 is 19.5 Å². The Morgan fingerprint density at radius 3 is 2.80 bits per heavy atom. The molecule has 0 aliphatic carbocycles. The summed E-state index contributed by atoms with van der Waals surface area (Å²) in [7, 11) is 1.64. The van der Waals surface area contributed by atoms with Gasteiger partial charge in [0.15, 0.2) is 4.34 Å². The number of aromatic nitrogens is 2. The number of thioether (sulfide) groups is 1. The molecule has 136 valence electrons. The van der Waals surface area contributed by atoms with Crippen LogP contribution in [0, 0.1) is 0 Å². The number of quaternary nitrogens is 1. The van der Waals surface area contributed by atoms with E-state index in [2.05, 4.69) is 15.5 Å². The number of anilines is 2. The highest BCUT2D eigenvalue weighted by molar-refractivity contribution is 8.01. The number of hydrogen-bond acceptors (Lipinski definition) is 8. The number of nitrogens with zero attached hydrogens (tertiary/aromatic N) is 2. The van der Waals surface area contributed by atoms with E-state index in [1.54, 1.807) is 18.9 Å². The molecular weight excluding hydrogens is 360 g/mol. The van der Waals surface area contributed by atoms with Crippen LogP contribution in [0.5, 0.6) is 5.75 Å². The van der Waals surface area contributed by atoms with Crippen LogP contribution in [0.1, 0.15) is 0 Å². The lowest BCUT2D eigenvalue weighted by molar-refractivity contribution is -0.910. The zero-order valence-electron chi connectivity index (χ0n) is 14.1. The van der Waals surface area contributed by atoms with Gasteiger partial charge in [-0.3, -0.25) is 0 Å². The average Bonchev–Trinajstić information content (AvgIpc) is 3.09. The highest BCUT2D eigenvalue weighted by Crippen LogP contribution is 2.28. The fourth-order valence-corrected chi connectivity index (χ4v) is 4.27. The van der Waals surface area contributed by atoms with Crippen molar-refractivity contribution in [1.82, 2.24) is 10.2 Å². The van der Waals surface area contributed by atoms with E-state index in [0.29, 0.717) is 5.75 Å². The Kier molecular flexibility index (Phi) is 6.88. The number of morpholine rings is 1. The topological polar surface area (TPSA) is 80.9 Å². The molecule has 7 nitrogen and oxygen atoms in total. The maximum absolute atomic E-state index is 10.2. The smallest absolute Gasteiger partial charge is 0.210 e. The summed E-state index contributed by atoms with van der Waals surface area (Å²) < 4.78 is 11.3. The van der Waals surface area contributed by atoms with Gasteiger partial charge in [0.2, 0.25) is 5.13 Å². The van der Waals surface area contributed by atoms with Gasteiger partial charge in [-0.25, -0.2) is 0 Å². The number of rotatable bonds is 8. The van der Waals surface area contributed by atoms with Crippen LogP contribution in [0.4, 0.5) is 10.8 Å². The molecule has 0 spiro atoms. The maximum atomic E-state index is 10.2. The molecule has 0 bridgehead atoms. The SMILES string of the molecule is COc1ccc(Nc2nnc(SC[C@@H](O)C[NH+]3CCOCC3)s2)cc1. The number of ether oxygens (including phenoxy) is 2. The van der Waals surface area contributed by atoms with Gasteiger partial charge in [0, 0.05) is 11.4 Å². The number of benzene rings is 1. The van der Waals surface area contributed by atoms with Crippen LogP contribution in [0.3, 0.4) is 0 Å². The molecule has 1 aliphatic rings. The predicted octanol–water partition coefficient (Wildman–Crippen LogP) is 0.658. The van der Waals surface area contributed by atoms with Crippen LogP contribution in [-0.4, -0.2) is 67.1 Å². The first-order valence-electron chi connectivity index (χ1n) is 8.19. The van der Waals surface area contributed by atoms with Gasteiger partial charge in [-0.1, -0.05) is 23.1 Å². The van der Waals surface area contributed by atoms with Crippen molar-refractivity contribution in [1.29, 1.82) is 0 Å². The van der Waals surface area contributed by atoms with E-state index in [0.717, 1.165) is 53.8 Å². The van der Waals surface area contributed by atoms with Gasteiger partial charge in [0.05, 0.1) is 20.3 Å². The van der Waals surface area contributed by atoms with Gasteiger partial charge < -0.3 is 24.8 Å². The van der Waals surface area contributed by atoms with Crippen molar-refractivity contribution in [2.75, 3.05) is 51.0 Å². The molecule has 0 saturated carbocycles. The van der Waals surface area contributed by atoms with Crippen molar-refractivity contribution in [3.63, 3.8) is 0 Å². The lowest BCUT2D eigenvalue weighted by Gasteiger charge is -2.25. The number of aliphatic hydroxyl groups excluding tert-OH is 1. The summed E-state index contributed by atoms with van der Waals surface area (Å²) in [6.45, 7) is 4.26. The first-order valence-corrected chi connectivity index (χ1v) is 10.00. The normalized spacial score (nSPS) is 16.6. The monoisotopic (exact) mass is 383 g/mol. The van der Waals surface area contributed by atoms with E-state index < -0.39 is 0 Å². The summed E-state index contributed by atoms with van der Waals surface area (Å²) in [5.41, 5.74) is 0.935. The minimum absolute atomic E-state index is 0.347. The van der Waals surface area contributed by atoms with Crippen molar-refractivity contribution in [2.24, 2.45) is 0 Å². The van der Waals surface area contributed by atoms with Gasteiger partial charge in [0.25, 0.3) is 0 Å². The third-order valence-corrected chi connectivity index (χ3v) is 5.99. The van der Waals surface area contributed by atoms with Gasteiger partial charge in [-0.05, 0) is 24.3 Å². The van der Waals surface area contributed by atoms with Crippen LogP contribution < -0.4 is 15.0 Å². The molecule has 9 heteroatoms. The predicted molar refractivity (Wildman–Crippen MR) is 99.3 cm³/mol. The zero-order chi connectivity index (χ0) is 17.5. The summed E-state index contributed by atoms with van der Waals surface area (Å²) in [5, 5.41) is 22.5. The Morgan fingerprint density at radius 2 is 2.08 bits per heavy atom. The summed E-state index contributed by atoms with van der Waals surface area (Å²) in [4.78, 5) is 1.40. The van der Waals surface area contributed by atoms with E-state index in [-0.39, 0.29) is 6.10 Å². The van der Waals surface area contributed by atoms with E-state index in [4.69, 9.17) is 9.47 Å². The number of nitrogens with one attached hydrogen (secondary N) is 2. The van der Waals surface area contributed by atoms with E-state index in [1.807, 2.05) is 24.3 Å². The van der Waals surface area contributed by atoms with Crippen molar-refractivity contribution in [3.8, 4) is 5.75 Å². The molecule has 1 aromatic carbocycles. The molecule has 3 N–H and O–H groups in total. The lowest BCUT2D eigenvalue weighted by Crippen LogP contribution is -3.15. The Labute approximate surface area is 155 Å². The average molecular weight is 384 g/mol. The van der Waals surface area contributed by atoms with Crippen molar-refractivity contribution in [2.45, 2.75) is 10.4 Å². The highest BCUT2D eigenvalue weighted by Gasteiger charge is 2.19. The van der Waals surface area contributed by atoms with E-state index in [1.165, 1.54) is 16.2 Å². The number of methoxy groups -OCH3 is 1. The maximum Gasteiger partial charge on any atom is 0.210 e. The Bertz CT molecular complexity index is 647. The quantitative estimate of drug-likeness (QED) is 0.578. The first-order chi connectivity index (χ1) is 12.2. The summed E-state index contributed by atoms with van der Waals surface area (Å²) in [6, 6.07) is 7.65. The Balaban J connectivity index is 1.44. The van der Waals surface area contributed by atoms with Crippen molar-refractivity contribution in [3.05, 3.63) is 24.3 Å². The Hall–Kier alpha value is -1.39. The van der Waals surface area contributed by atoms with Gasteiger partial charge in [0.1, 0.15) is 31.5 Å². The minimum atomic E-state index is -0.347. The standard InChI is InChI=1S/C16H22N4O3S2/c1-22-14-4-2-12(3-5-14)17-15-18-19-16(25-15)24-11-13(21)10-20-6-8-23-9-7-20/h2-5,13,21H,6-11H2,1H3,(H,17,18)/p+1/t13-/m0/s1. The molecule has 0 radical (unpaired) electrons. The van der Waals surface area contributed by atoms with Gasteiger partial charge in [-0.15, -0.1) is 10.2 Å². The molecule has 2 heterocycles. The second kappa shape index (κ2) is 9.35. The fraction of sp³-hybridized carbons (Fsp3) is 0.500. The molecule has 1 aromatic heterocycles. The molecule has 1 fully saturated rings. The molecular formula is C16H23N4O3S2+. The van der Waals surface area contributed by atoms with Crippen LogP contribution in [0.2, 0.25) is 0 Å². The third-order valence-electron chi connectivity index (χ3n) is 3.87. The van der Waals surface area contributed by atoms with E-state index in [9.17, 15) is 5.11 Å². The molecule has 0 amide bonds. The van der Waals surface area contributed by atoms with Crippen LogP contribution in [0.15, 0.2) is 28.6 Å². The van der Waals surface area contributed by atoms with E-state index >= 15 is 0 Å². The molecule has 3 rings (SSSR count). The number of hydrogen-bond donors (Lipinski definition) is 3. The molecule has 1 aliphatic heterocycles. The largest absolute Gasteiger partial charge is 0.497 e. The second-order valence-corrected chi connectivity index (χ2v) is 8.00. The second-order valence-electron chi connectivity index (χ2n) is 5.76. The van der Waals surface area contributed by atoms with Gasteiger partial charge >= 0.3 is 0 Å². The molecule has 2 aromatic rings. The number of aliphatic hydroxyl groups is 1. The molecule has 1 saturated heterocycles. The highest BCUT2D eigenvalue weighted by atomic mass is 32.2.